The smallest absolute Gasteiger partial charge is 0.222 e. The van der Waals surface area contributed by atoms with E-state index in [2.05, 4.69) is 20.4 Å². The van der Waals surface area contributed by atoms with Crippen LogP contribution >= 0.6 is 11.3 Å². The molecule has 6 nitrogen and oxygen atoms in total. The molecule has 2 aromatic rings. The van der Waals surface area contributed by atoms with Crippen molar-refractivity contribution in [3.63, 3.8) is 0 Å². The van der Waals surface area contributed by atoms with Gasteiger partial charge in [0, 0.05) is 18.0 Å². The molecular weight excluding hydrogens is 250 g/mol. The number of nitrogens with zero attached hydrogens (tertiary/aromatic N) is 4. The largest absolute Gasteiger partial charge is 0.347 e. The number of nitrogens with one attached hydrogen (secondary N) is 1. The van der Waals surface area contributed by atoms with E-state index in [1.807, 2.05) is 12.3 Å². The predicted octanol–water partition coefficient (Wildman–Crippen LogP) is 1.39. The lowest BCUT2D eigenvalue weighted by Crippen LogP contribution is -2.28. The van der Waals surface area contributed by atoms with Gasteiger partial charge >= 0.3 is 0 Å². The molecule has 0 radical (unpaired) electrons. The molecule has 0 aromatic carbocycles. The Morgan fingerprint density at radius 1 is 1.61 bits per heavy atom. The van der Waals surface area contributed by atoms with Crippen LogP contribution in [0.3, 0.4) is 0 Å². The topological polar surface area (TPSA) is 72.7 Å². The predicted molar refractivity (Wildman–Crippen MR) is 67.9 cm³/mol. The third-order valence-corrected chi connectivity index (χ3v) is 3.42. The van der Waals surface area contributed by atoms with Crippen molar-refractivity contribution < 1.29 is 4.79 Å². The number of carbonyl (C=O) groups excluding carboxylic acids is 1. The van der Waals surface area contributed by atoms with Crippen molar-refractivity contribution in [2.24, 2.45) is 0 Å². The Labute approximate surface area is 109 Å². The highest BCUT2D eigenvalue weighted by atomic mass is 32.1. The van der Waals surface area contributed by atoms with Crippen LogP contribution in [-0.4, -0.2) is 25.7 Å². The van der Waals surface area contributed by atoms with Crippen LogP contribution in [0, 0.1) is 0 Å². The van der Waals surface area contributed by atoms with Crippen LogP contribution in [0.15, 0.2) is 24.2 Å². The molecule has 0 aliphatic heterocycles. The molecule has 2 aromatic heterocycles. The first-order valence-electron chi connectivity index (χ1n) is 5.80. The summed E-state index contributed by atoms with van der Waals surface area (Å²) in [5.41, 5.74) is 0. The lowest BCUT2D eigenvalue weighted by atomic mass is 10.2. The van der Waals surface area contributed by atoms with Crippen molar-refractivity contribution in [2.45, 2.75) is 32.4 Å². The number of rotatable bonds is 6. The molecule has 1 atom stereocenters. The van der Waals surface area contributed by atoms with E-state index in [0.29, 0.717) is 13.0 Å². The van der Waals surface area contributed by atoms with Gasteiger partial charge in [-0.25, -0.2) is 9.97 Å². The summed E-state index contributed by atoms with van der Waals surface area (Å²) in [5, 5.41) is 9.80. The second-order valence-electron chi connectivity index (χ2n) is 3.81. The Morgan fingerprint density at radius 2 is 2.50 bits per heavy atom. The minimum Gasteiger partial charge on any atom is -0.347 e. The minimum absolute atomic E-state index is 0.00699. The summed E-state index contributed by atoms with van der Waals surface area (Å²) in [6, 6.07) is 0.00764. The van der Waals surface area contributed by atoms with Gasteiger partial charge in [0.05, 0.1) is 12.6 Å². The lowest BCUT2D eigenvalue weighted by Gasteiger charge is -2.14. The second kappa shape index (κ2) is 6.25. The molecule has 0 aliphatic rings. The standard InChI is InChI=1S/C11H15N5OS/c1-2-9(11-13-4-6-18-11)15-10(17)3-5-16-8-12-7-14-16/h4,6-9H,2-3,5H2,1H3,(H,15,17)/t9-/m1/s1. The molecule has 0 unspecified atom stereocenters. The zero-order valence-electron chi connectivity index (χ0n) is 10.1. The van der Waals surface area contributed by atoms with Gasteiger partial charge in [-0.1, -0.05) is 6.92 Å². The lowest BCUT2D eigenvalue weighted by molar-refractivity contribution is -0.122. The molecule has 1 amide bonds. The fourth-order valence-corrected chi connectivity index (χ4v) is 2.35. The summed E-state index contributed by atoms with van der Waals surface area (Å²) in [7, 11) is 0. The molecule has 0 saturated heterocycles. The average molecular weight is 265 g/mol. The zero-order valence-corrected chi connectivity index (χ0v) is 10.9. The van der Waals surface area contributed by atoms with Crippen LogP contribution in [0.1, 0.15) is 30.8 Å². The Bertz CT molecular complexity index is 468. The minimum atomic E-state index is 0.00699. The summed E-state index contributed by atoms with van der Waals surface area (Å²) in [4.78, 5) is 19.9. The highest BCUT2D eigenvalue weighted by molar-refractivity contribution is 7.09. The summed E-state index contributed by atoms with van der Waals surface area (Å²) in [6.45, 7) is 2.57. The van der Waals surface area contributed by atoms with E-state index >= 15 is 0 Å². The number of amides is 1. The highest BCUT2D eigenvalue weighted by Gasteiger charge is 2.14. The van der Waals surface area contributed by atoms with E-state index in [4.69, 9.17) is 0 Å². The first-order chi connectivity index (χ1) is 8.79. The Hall–Kier alpha value is -1.76. The van der Waals surface area contributed by atoms with Gasteiger partial charge < -0.3 is 5.32 Å². The van der Waals surface area contributed by atoms with Crippen molar-refractivity contribution >= 4 is 17.2 Å². The summed E-state index contributed by atoms with van der Waals surface area (Å²) < 4.78 is 1.64. The molecule has 1 N–H and O–H groups in total. The second-order valence-corrected chi connectivity index (χ2v) is 4.73. The Balaban J connectivity index is 1.82. The van der Waals surface area contributed by atoms with E-state index in [1.54, 1.807) is 28.5 Å². The van der Waals surface area contributed by atoms with Gasteiger partial charge in [-0.15, -0.1) is 11.3 Å². The Morgan fingerprint density at radius 3 is 3.11 bits per heavy atom. The van der Waals surface area contributed by atoms with Crippen LogP contribution in [0.2, 0.25) is 0 Å². The first-order valence-corrected chi connectivity index (χ1v) is 6.68. The molecule has 0 spiro atoms. The van der Waals surface area contributed by atoms with Crippen molar-refractivity contribution in [3.05, 3.63) is 29.2 Å². The monoisotopic (exact) mass is 265 g/mol. The fraction of sp³-hybridized carbons (Fsp3) is 0.455. The summed E-state index contributed by atoms with van der Waals surface area (Å²) in [5.74, 6) is 0.00699. The van der Waals surface area contributed by atoms with Crippen molar-refractivity contribution in [2.75, 3.05) is 0 Å². The van der Waals surface area contributed by atoms with Gasteiger partial charge in [0.15, 0.2) is 0 Å². The van der Waals surface area contributed by atoms with Crippen LogP contribution in [0.25, 0.3) is 0 Å². The quantitative estimate of drug-likeness (QED) is 0.856. The normalized spacial score (nSPS) is 12.3. The van der Waals surface area contributed by atoms with Crippen LogP contribution < -0.4 is 5.32 Å². The van der Waals surface area contributed by atoms with Crippen molar-refractivity contribution in [1.82, 2.24) is 25.1 Å². The highest BCUT2D eigenvalue weighted by Crippen LogP contribution is 2.18. The van der Waals surface area contributed by atoms with Crippen LogP contribution in [-0.2, 0) is 11.3 Å². The van der Waals surface area contributed by atoms with Gasteiger partial charge in [0.1, 0.15) is 17.7 Å². The fourth-order valence-electron chi connectivity index (χ4n) is 1.58. The SMILES string of the molecule is CC[C@@H](NC(=O)CCn1cncn1)c1nccs1. The number of hydrogen-bond donors (Lipinski definition) is 1. The molecular formula is C11H15N5OS. The maximum atomic E-state index is 11.8. The molecule has 2 heterocycles. The van der Waals surface area contributed by atoms with Gasteiger partial charge in [-0.05, 0) is 6.42 Å². The maximum Gasteiger partial charge on any atom is 0.222 e. The third-order valence-electron chi connectivity index (χ3n) is 2.53. The first kappa shape index (κ1) is 12.7. The number of aryl methyl sites for hydroxylation is 1. The Kier molecular flexibility index (Phi) is 4.40. The van der Waals surface area contributed by atoms with E-state index in [0.717, 1.165) is 11.4 Å². The average Bonchev–Trinajstić information content (AvgIpc) is 3.05. The van der Waals surface area contributed by atoms with Gasteiger partial charge in [0.2, 0.25) is 5.91 Å². The molecule has 7 heteroatoms. The molecule has 18 heavy (non-hydrogen) atoms. The van der Waals surface area contributed by atoms with Gasteiger partial charge in [-0.2, -0.15) is 5.10 Å². The molecule has 96 valence electrons. The van der Waals surface area contributed by atoms with Crippen molar-refractivity contribution in [3.8, 4) is 0 Å². The van der Waals surface area contributed by atoms with Crippen molar-refractivity contribution in [1.29, 1.82) is 0 Å². The molecule has 0 saturated carbocycles. The van der Waals surface area contributed by atoms with Crippen LogP contribution in [0.4, 0.5) is 0 Å². The molecule has 2 rings (SSSR count). The van der Waals surface area contributed by atoms with E-state index in [-0.39, 0.29) is 11.9 Å². The number of hydrogen-bond acceptors (Lipinski definition) is 5. The third kappa shape index (κ3) is 3.36. The van der Waals surface area contributed by atoms with E-state index < -0.39 is 0 Å². The van der Waals surface area contributed by atoms with Gasteiger partial charge in [0.25, 0.3) is 0 Å². The van der Waals surface area contributed by atoms with E-state index in [9.17, 15) is 4.79 Å². The summed E-state index contributed by atoms with van der Waals surface area (Å²) >= 11 is 1.56. The van der Waals surface area contributed by atoms with E-state index in [1.165, 1.54) is 6.33 Å². The molecule has 0 aliphatic carbocycles. The maximum absolute atomic E-state index is 11.8. The zero-order chi connectivity index (χ0) is 12.8. The van der Waals surface area contributed by atoms with Gasteiger partial charge in [-0.3, -0.25) is 9.48 Å². The van der Waals surface area contributed by atoms with Crippen LogP contribution in [0.5, 0.6) is 0 Å². The number of thiazole rings is 1. The number of carbonyl (C=O) groups is 1. The number of aromatic nitrogens is 4. The summed E-state index contributed by atoms with van der Waals surface area (Å²) in [6.07, 6.45) is 6.05. The molecule has 0 fully saturated rings. The molecule has 0 bridgehead atoms.